The van der Waals surface area contributed by atoms with Gasteiger partial charge in [-0.05, 0) is 19.9 Å². The minimum atomic E-state index is -2.85. The van der Waals surface area contributed by atoms with Gasteiger partial charge < -0.3 is 20.1 Å². The van der Waals surface area contributed by atoms with Gasteiger partial charge in [-0.2, -0.15) is 8.78 Å². The van der Waals surface area contributed by atoms with Gasteiger partial charge in [0.15, 0.2) is 5.96 Å². The number of aliphatic imine (C=N–C) groups is 1. The van der Waals surface area contributed by atoms with Crippen LogP contribution in [0.5, 0.6) is 5.75 Å². The largest absolute Gasteiger partial charge is 0.434 e. The molecule has 1 fully saturated rings. The molecule has 154 valence electrons. The van der Waals surface area contributed by atoms with E-state index >= 15 is 0 Å². The molecule has 0 bridgehead atoms. The predicted octanol–water partition coefficient (Wildman–Crippen LogP) is 2.60. The average molecular weight is 498 g/mol. The van der Waals surface area contributed by atoms with Crippen LogP contribution in [0.1, 0.15) is 18.1 Å². The van der Waals surface area contributed by atoms with Crippen molar-refractivity contribution in [1.29, 1.82) is 0 Å². The molecule has 1 saturated heterocycles. The second kappa shape index (κ2) is 13.1. The second-order valence-corrected chi connectivity index (χ2v) is 6.07. The van der Waals surface area contributed by atoms with E-state index in [-0.39, 0.29) is 36.3 Å². The topological polar surface area (TPSA) is 58.1 Å². The van der Waals surface area contributed by atoms with E-state index in [9.17, 15) is 8.78 Å². The summed E-state index contributed by atoms with van der Waals surface area (Å²) in [6, 6.07) is 5.13. The van der Waals surface area contributed by atoms with Gasteiger partial charge in [-0.3, -0.25) is 4.90 Å². The van der Waals surface area contributed by atoms with E-state index in [1.54, 1.807) is 12.1 Å². The first-order valence-corrected chi connectivity index (χ1v) is 8.95. The van der Waals surface area contributed by atoms with Crippen LogP contribution >= 0.6 is 24.0 Å². The molecule has 0 aromatic heterocycles. The van der Waals surface area contributed by atoms with Gasteiger partial charge in [-0.25, -0.2) is 4.99 Å². The minimum Gasteiger partial charge on any atom is -0.434 e. The molecule has 1 aromatic rings. The van der Waals surface area contributed by atoms with Crippen LogP contribution in [0, 0.1) is 6.92 Å². The molecule has 0 saturated carbocycles. The summed E-state index contributed by atoms with van der Waals surface area (Å²) in [6.45, 7) is 7.09. The SMILES string of the molecule is CCNC(=NCc1cc(C)ccc1OC(F)F)NCCN1CCOCC1.I. The zero-order valence-corrected chi connectivity index (χ0v) is 18.2. The Morgan fingerprint density at radius 3 is 2.70 bits per heavy atom. The Balaban J connectivity index is 0.00000364. The van der Waals surface area contributed by atoms with Crippen LogP contribution < -0.4 is 15.4 Å². The number of alkyl halides is 2. The average Bonchev–Trinajstić information content (AvgIpc) is 2.62. The van der Waals surface area contributed by atoms with Gasteiger partial charge in [0.25, 0.3) is 0 Å². The van der Waals surface area contributed by atoms with E-state index < -0.39 is 6.61 Å². The molecule has 1 aliphatic heterocycles. The normalized spacial score (nSPS) is 15.4. The highest BCUT2D eigenvalue weighted by Gasteiger charge is 2.11. The maximum absolute atomic E-state index is 12.6. The van der Waals surface area contributed by atoms with E-state index in [0.29, 0.717) is 11.5 Å². The molecule has 0 unspecified atom stereocenters. The number of guanidine groups is 1. The Labute approximate surface area is 176 Å². The van der Waals surface area contributed by atoms with E-state index in [1.165, 1.54) is 0 Å². The fourth-order valence-electron chi connectivity index (χ4n) is 2.71. The van der Waals surface area contributed by atoms with Crippen molar-refractivity contribution >= 4 is 29.9 Å². The van der Waals surface area contributed by atoms with Gasteiger partial charge in [-0.15, -0.1) is 24.0 Å². The second-order valence-electron chi connectivity index (χ2n) is 6.07. The summed E-state index contributed by atoms with van der Waals surface area (Å²) in [5.41, 5.74) is 1.61. The van der Waals surface area contributed by atoms with Gasteiger partial charge in [0, 0.05) is 38.3 Å². The number of halogens is 3. The summed E-state index contributed by atoms with van der Waals surface area (Å²) < 4.78 is 35.1. The van der Waals surface area contributed by atoms with Crippen LogP contribution in [0.25, 0.3) is 0 Å². The quantitative estimate of drug-likeness (QED) is 0.328. The molecule has 0 spiro atoms. The predicted molar refractivity (Wildman–Crippen MR) is 113 cm³/mol. The van der Waals surface area contributed by atoms with Crippen LogP contribution in [0.2, 0.25) is 0 Å². The number of hydrogen-bond acceptors (Lipinski definition) is 4. The molecule has 6 nitrogen and oxygen atoms in total. The van der Waals surface area contributed by atoms with Crippen molar-refractivity contribution in [1.82, 2.24) is 15.5 Å². The Kier molecular flexibility index (Phi) is 11.5. The minimum absolute atomic E-state index is 0. The summed E-state index contributed by atoms with van der Waals surface area (Å²) in [4.78, 5) is 6.83. The zero-order chi connectivity index (χ0) is 18.8. The van der Waals surface area contributed by atoms with E-state index in [1.807, 2.05) is 19.9 Å². The van der Waals surface area contributed by atoms with Crippen LogP contribution in [0.4, 0.5) is 8.78 Å². The summed E-state index contributed by atoms with van der Waals surface area (Å²) >= 11 is 0. The number of hydrogen-bond donors (Lipinski definition) is 2. The van der Waals surface area contributed by atoms with Crippen molar-refractivity contribution in [2.24, 2.45) is 4.99 Å². The monoisotopic (exact) mass is 498 g/mol. The Hall–Kier alpha value is -1.20. The van der Waals surface area contributed by atoms with Gasteiger partial charge in [0.1, 0.15) is 5.75 Å². The third-order valence-corrected chi connectivity index (χ3v) is 4.01. The molecule has 0 amide bonds. The molecule has 0 aliphatic carbocycles. The van der Waals surface area contributed by atoms with Crippen LogP contribution in [0.15, 0.2) is 23.2 Å². The van der Waals surface area contributed by atoms with Crippen molar-refractivity contribution in [2.45, 2.75) is 27.0 Å². The first-order chi connectivity index (χ1) is 12.6. The molecule has 0 atom stereocenters. The summed E-state index contributed by atoms with van der Waals surface area (Å²) in [7, 11) is 0. The third-order valence-electron chi connectivity index (χ3n) is 4.01. The lowest BCUT2D eigenvalue weighted by Crippen LogP contribution is -2.44. The number of aryl methyl sites for hydroxylation is 1. The van der Waals surface area contributed by atoms with Crippen molar-refractivity contribution < 1.29 is 18.3 Å². The number of rotatable bonds is 8. The van der Waals surface area contributed by atoms with Crippen molar-refractivity contribution in [3.05, 3.63) is 29.3 Å². The fraction of sp³-hybridized carbons (Fsp3) is 0.611. The summed E-state index contributed by atoms with van der Waals surface area (Å²) in [5.74, 6) is 0.823. The number of morpholine rings is 1. The highest BCUT2D eigenvalue weighted by Crippen LogP contribution is 2.22. The first-order valence-electron chi connectivity index (χ1n) is 8.95. The van der Waals surface area contributed by atoms with Crippen molar-refractivity contribution in [3.8, 4) is 5.75 Å². The van der Waals surface area contributed by atoms with Crippen molar-refractivity contribution in [2.75, 3.05) is 45.9 Å². The summed E-state index contributed by atoms with van der Waals surface area (Å²) in [6.07, 6.45) is 0. The highest BCUT2D eigenvalue weighted by molar-refractivity contribution is 14.0. The molecular formula is C18H29F2IN4O2. The Bertz CT molecular complexity index is 584. The van der Waals surface area contributed by atoms with Crippen LogP contribution in [-0.2, 0) is 11.3 Å². The fourth-order valence-corrected chi connectivity index (χ4v) is 2.71. The van der Waals surface area contributed by atoms with Crippen LogP contribution in [-0.4, -0.2) is 63.4 Å². The lowest BCUT2D eigenvalue weighted by Gasteiger charge is -2.26. The van der Waals surface area contributed by atoms with Gasteiger partial charge in [0.2, 0.25) is 0 Å². The Morgan fingerprint density at radius 2 is 2.04 bits per heavy atom. The standard InChI is InChI=1S/C18H28F2N4O2.HI/c1-3-21-18(22-6-7-24-8-10-25-11-9-24)23-13-15-12-14(2)4-5-16(15)26-17(19)20;/h4-5,12,17H,3,6-11,13H2,1-2H3,(H2,21,22,23);1H. The maximum Gasteiger partial charge on any atom is 0.387 e. The molecule has 1 heterocycles. The smallest absolute Gasteiger partial charge is 0.387 e. The molecular weight excluding hydrogens is 469 g/mol. The molecule has 1 aliphatic rings. The summed E-state index contributed by atoms with van der Waals surface area (Å²) in [5, 5.41) is 6.45. The molecule has 1 aromatic carbocycles. The molecule has 9 heteroatoms. The molecule has 27 heavy (non-hydrogen) atoms. The number of nitrogens with zero attached hydrogens (tertiary/aromatic N) is 2. The lowest BCUT2D eigenvalue weighted by atomic mass is 10.1. The zero-order valence-electron chi connectivity index (χ0n) is 15.8. The van der Waals surface area contributed by atoms with Gasteiger partial charge in [-0.1, -0.05) is 17.7 Å². The van der Waals surface area contributed by atoms with E-state index in [4.69, 9.17) is 4.74 Å². The van der Waals surface area contributed by atoms with E-state index in [0.717, 1.165) is 51.5 Å². The number of benzene rings is 1. The number of ether oxygens (including phenoxy) is 2. The Morgan fingerprint density at radius 1 is 1.30 bits per heavy atom. The lowest BCUT2D eigenvalue weighted by molar-refractivity contribution is -0.0504. The van der Waals surface area contributed by atoms with Gasteiger partial charge >= 0.3 is 6.61 Å². The highest BCUT2D eigenvalue weighted by atomic mass is 127. The molecule has 2 N–H and O–H groups in total. The molecule has 2 rings (SSSR count). The molecule has 0 radical (unpaired) electrons. The van der Waals surface area contributed by atoms with Crippen molar-refractivity contribution in [3.63, 3.8) is 0 Å². The van der Waals surface area contributed by atoms with E-state index in [2.05, 4.69) is 25.3 Å². The number of nitrogens with one attached hydrogen (secondary N) is 2. The van der Waals surface area contributed by atoms with Crippen LogP contribution in [0.3, 0.4) is 0 Å². The third kappa shape index (κ3) is 9.02. The first kappa shape index (κ1) is 23.8. The van der Waals surface area contributed by atoms with Gasteiger partial charge in [0.05, 0.1) is 19.8 Å². The maximum atomic E-state index is 12.6.